The van der Waals surface area contributed by atoms with Crippen LogP contribution in [0.4, 0.5) is 17.2 Å². The summed E-state index contributed by atoms with van der Waals surface area (Å²) < 4.78 is 0. The van der Waals surface area contributed by atoms with Gasteiger partial charge in [0.05, 0.1) is 5.69 Å². The number of rotatable bonds is 6. The monoisotopic (exact) mass is 351 g/mol. The molecule has 0 bridgehead atoms. The molecule has 1 aliphatic heterocycles. The molecule has 0 spiro atoms. The van der Waals surface area contributed by atoms with Crippen LogP contribution in [0, 0.1) is 0 Å². The van der Waals surface area contributed by atoms with E-state index in [1.807, 2.05) is 25.5 Å². The van der Waals surface area contributed by atoms with Crippen LogP contribution in [-0.4, -0.2) is 36.1 Å². The molecule has 0 radical (unpaired) electrons. The summed E-state index contributed by atoms with van der Waals surface area (Å²) in [6.07, 6.45) is 7.54. The number of aromatic nitrogens is 2. The Hall–Kier alpha value is -2.56. The van der Waals surface area contributed by atoms with Crippen LogP contribution in [0.5, 0.6) is 0 Å². The van der Waals surface area contributed by atoms with E-state index in [0.717, 1.165) is 41.4 Å². The van der Waals surface area contributed by atoms with E-state index in [-0.39, 0.29) is 6.04 Å². The molecule has 138 valence electrons. The highest BCUT2D eigenvalue weighted by Crippen LogP contribution is 2.34. The maximum atomic E-state index is 4.60. The molecule has 3 rings (SSSR count). The number of hydrogen-bond donors (Lipinski definition) is 2. The summed E-state index contributed by atoms with van der Waals surface area (Å²) in [5.41, 5.74) is 4.98. The molecule has 0 unspecified atom stereocenters. The molecule has 3 heterocycles. The lowest BCUT2D eigenvalue weighted by atomic mass is 10.0. The van der Waals surface area contributed by atoms with Crippen LogP contribution >= 0.6 is 0 Å². The third-order valence-corrected chi connectivity index (χ3v) is 4.72. The van der Waals surface area contributed by atoms with Gasteiger partial charge in [-0.1, -0.05) is 6.58 Å². The van der Waals surface area contributed by atoms with E-state index in [1.165, 1.54) is 24.9 Å². The van der Waals surface area contributed by atoms with Crippen LogP contribution < -0.4 is 15.5 Å². The van der Waals surface area contributed by atoms with E-state index < -0.39 is 0 Å². The second-order valence-corrected chi connectivity index (χ2v) is 7.06. The average molecular weight is 351 g/mol. The van der Waals surface area contributed by atoms with Crippen LogP contribution in [0.1, 0.15) is 44.4 Å². The third-order valence-electron chi connectivity index (χ3n) is 4.72. The highest BCUT2D eigenvalue weighted by Gasteiger charge is 2.17. The fourth-order valence-corrected chi connectivity index (χ4v) is 3.42. The van der Waals surface area contributed by atoms with Crippen LogP contribution in [0.15, 0.2) is 37.2 Å². The van der Waals surface area contributed by atoms with Crippen molar-refractivity contribution in [3.63, 3.8) is 0 Å². The van der Waals surface area contributed by atoms with E-state index in [4.69, 9.17) is 0 Å². The Morgan fingerprint density at radius 1 is 1.12 bits per heavy atom. The second-order valence-electron chi connectivity index (χ2n) is 7.06. The highest BCUT2D eigenvalue weighted by atomic mass is 15.1. The Morgan fingerprint density at radius 2 is 1.85 bits per heavy atom. The molecule has 26 heavy (non-hydrogen) atoms. The van der Waals surface area contributed by atoms with Crippen molar-refractivity contribution in [2.45, 2.75) is 39.2 Å². The molecule has 2 aromatic heterocycles. The van der Waals surface area contributed by atoms with Gasteiger partial charge in [-0.05, 0) is 51.3 Å². The Labute approximate surface area is 156 Å². The van der Waals surface area contributed by atoms with Crippen molar-refractivity contribution in [2.24, 2.45) is 0 Å². The molecule has 0 saturated carbocycles. The van der Waals surface area contributed by atoms with Gasteiger partial charge in [-0.15, -0.1) is 0 Å². The van der Waals surface area contributed by atoms with Crippen molar-refractivity contribution in [1.29, 1.82) is 0 Å². The molecular formula is C21H29N5. The van der Waals surface area contributed by atoms with Crippen LogP contribution in [0.3, 0.4) is 0 Å². The minimum atomic E-state index is 0.286. The molecule has 5 heteroatoms. The summed E-state index contributed by atoms with van der Waals surface area (Å²) in [5.74, 6) is 0.835. The van der Waals surface area contributed by atoms with Crippen LogP contribution in [0.2, 0.25) is 0 Å². The minimum Gasteiger partial charge on any atom is -0.387 e. The van der Waals surface area contributed by atoms with Gasteiger partial charge in [0.1, 0.15) is 5.82 Å². The van der Waals surface area contributed by atoms with E-state index in [1.54, 1.807) is 0 Å². The van der Waals surface area contributed by atoms with Gasteiger partial charge in [-0.2, -0.15) is 0 Å². The molecule has 0 aromatic carbocycles. The van der Waals surface area contributed by atoms with E-state index >= 15 is 0 Å². The lowest BCUT2D eigenvalue weighted by Crippen LogP contribution is -2.29. The van der Waals surface area contributed by atoms with Crippen LogP contribution in [0.25, 0.3) is 5.57 Å². The molecule has 2 aromatic rings. The molecule has 1 fully saturated rings. The summed E-state index contributed by atoms with van der Waals surface area (Å²) in [6.45, 7) is 10.8. The van der Waals surface area contributed by atoms with Crippen molar-refractivity contribution in [1.82, 2.24) is 9.97 Å². The fourth-order valence-electron chi connectivity index (χ4n) is 3.42. The first-order chi connectivity index (χ1) is 12.6. The SMILES string of the molecule is C=C(c1cc(N2CCCCC2)ccn1)c1c(NC)ccnc1NC(C)C. The maximum absolute atomic E-state index is 4.60. The summed E-state index contributed by atoms with van der Waals surface area (Å²) in [5, 5.41) is 6.69. The van der Waals surface area contributed by atoms with Gasteiger partial charge in [0.25, 0.3) is 0 Å². The van der Waals surface area contributed by atoms with Gasteiger partial charge >= 0.3 is 0 Å². The predicted molar refractivity (Wildman–Crippen MR) is 111 cm³/mol. The standard InChI is InChI=1S/C21H29N5/c1-15(2)25-21-20(18(22-4)9-11-24-21)16(3)19-14-17(8-10-23-19)26-12-6-5-7-13-26/h8-11,14-15H,3,5-7,12-13H2,1-2,4H3,(H2,22,24,25). The topological polar surface area (TPSA) is 53.1 Å². The number of pyridine rings is 2. The summed E-state index contributed by atoms with van der Waals surface area (Å²) in [7, 11) is 1.92. The smallest absolute Gasteiger partial charge is 0.136 e. The van der Waals surface area contributed by atoms with Crippen molar-refractivity contribution >= 4 is 22.8 Å². The zero-order valence-corrected chi connectivity index (χ0v) is 16.0. The van der Waals surface area contributed by atoms with Crippen molar-refractivity contribution in [2.75, 3.05) is 35.7 Å². The number of nitrogens with one attached hydrogen (secondary N) is 2. The van der Waals surface area contributed by atoms with E-state index in [9.17, 15) is 0 Å². The first-order valence-corrected chi connectivity index (χ1v) is 9.44. The summed E-state index contributed by atoms with van der Waals surface area (Å²) in [4.78, 5) is 11.6. The number of hydrogen-bond acceptors (Lipinski definition) is 5. The minimum absolute atomic E-state index is 0.286. The quantitative estimate of drug-likeness (QED) is 0.808. The first kappa shape index (κ1) is 18.2. The molecule has 0 aliphatic carbocycles. The Morgan fingerprint density at radius 3 is 2.54 bits per heavy atom. The molecule has 0 atom stereocenters. The lowest BCUT2D eigenvalue weighted by molar-refractivity contribution is 0.577. The Kier molecular flexibility index (Phi) is 5.76. The van der Waals surface area contributed by atoms with E-state index in [2.05, 4.69) is 58.1 Å². The van der Waals surface area contributed by atoms with Gasteiger partial charge < -0.3 is 15.5 Å². The van der Waals surface area contributed by atoms with Gasteiger partial charge in [0.15, 0.2) is 0 Å². The van der Waals surface area contributed by atoms with Gasteiger partial charge in [-0.25, -0.2) is 4.98 Å². The number of nitrogens with zero attached hydrogens (tertiary/aromatic N) is 3. The van der Waals surface area contributed by atoms with Gasteiger partial charge in [0, 0.05) is 61.1 Å². The molecule has 1 saturated heterocycles. The first-order valence-electron chi connectivity index (χ1n) is 9.44. The molecule has 0 amide bonds. The Balaban J connectivity index is 1.96. The number of anilines is 3. The Bertz CT molecular complexity index is 763. The highest BCUT2D eigenvalue weighted by molar-refractivity contribution is 5.89. The predicted octanol–water partition coefficient (Wildman–Crippen LogP) is 4.39. The molecule has 2 N–H and O–H groups in total. The zero-order valence-electron chi connectivity index (χ0n) is 16.0. The van der Waals surface area contributed by atoms with Crippen molar-refractivity contribution in [3.05, 3.63) is 48.4 Å². The van der Waals surface area contributed by atoms with Crippen molar-refractivity contribution in [3.8, 4) is 0 Å². The summed E-state index contributed by atoms with van der Waals surface area (Å²) in [6, 6.07) is 6.51. The average Bonchev–Trinajstić information content (AvgIpc) is 2.67. The fraction of sp³-hybridized carbons (Fsp3) is 0.429. The molecule has 1 aliphatic rings. The van der Waals surface area contributed by atoms with Crippen LogP contribution in [-0.2, 0) is 0 Å². The van der Waals surface area contributed by atoms with Gasteiger partial charge in [-0.3, -0.25) is 4.98 Å². The third kappa shape index (κ3) is 3.98. The largest absolute Gasteiger partial charge is 0.387 e. The molecular weight excluding hydrogens is 322 g/mol. The lowest BCUT2D eigenvalue weighted by Gasteiger charge is -2.29. The second kappa shape index (κ2) is 8.21. The van der Waals surface area contributed by atoms with Crippen molar-refractivity contribution < 1.29 is 0 Å². The number of piperidine rings is 1. The maximum Gasteiger partial charge on any atom is 0.136 e. The normalized spacial score (nSPS) is 14.4. The molecule has 5 nitrogen and oxygen atoms in total. The summed E-state index contributed by atoms with van der Waals surface area (Å²) >= 11 is 0. The van der Waals surface area contributed by atoms with Gasteiger partial charge in [0.2, 0.25) is 0 Å². The zero-order chi connectivity index (χ0) is 18.5. The van der Waals surface area contributed by atoms with E-state index in [0.29, 0.717) is 0 Å².